The molecular weight excluding hydrogens is 472 g/mol. The van der Waals surface area contributed by atoms with Crippen LogP contribution in [0.3, 0.4) is 0 Å². The molecule has 0 aliphatic heterocycles. The fourth-order valence-electron chi connectivity index (χ4n) is 3.15. The summed E-state index contributed by atoms with van der Waals surface area (Å²) in [6.07, 6.45) is 2.23. The SMILES string of the molecule is O=C(NCc1ccccn1)Nc1nc2ccc(OS(=O)(=O)c3ccc(NCCCO)cc3)cc2[nH]1. The molecule has 4 rings (SSSR count). The lowest BCUT2D eigenvalue weighted by molar-refractivity contribution is 0.251. The highest BCUT2D eigenvalue weighted by Crippen LogP contribution is 2.24. The van der Waals surface area contributed by atoms with Gasteiger partial charge in [0.2, 0.25) is 5.95 Å². The average Bonchev–Trinajstić information content (AvgIpc) is 3.25. The molecule has 2 aromatic heterocycles. The Bertz CT molecular complexity index is 1390. The third-order valence-corrected chi connectivity index (χ3v) is 6.12. The van der Waals surface area contributed by atoms with Gasteiger partial charge in [0.25, 0.3) is 0 Å². The predicted octanol–water partition coefficient (Wildman–Crippen LogP) is 2.84. The highest BCUT2D eigenvalue weighted by Gasteiger charge is 2.17. The van der Waals surface area contributed by atoms with Gasteiger partial charge < -0.3 is 24.9 Å². The first kappa shape index (κ1) is 24.0. The molecule has 0 saturated heterocycles. The number of aliphatic hydroxyl groups is 1. The van der Waals surface area contributed by atoms with Crippen LogP contribution in [0.4, 0.5) is 16.4 Å². The van der Waals surface area contributed by atoms with E-state index >= 15 is 0 Å². The van der Waals surface area contributed by atoms with Crippen LogP contribution in [0.5, 0.6) is 5.75 Å². The third kappa shape index (κ3) is 6.46. The molecular formula is C23H24N6O5S. The van der Waals surface area contributed by atoms with Crippen LogP contribution in [0, 0.1) is 0 Å². The van der Waals surface area contributed by atoms with Crippen molar-refractivity contribution in [2.45, 2.75) is 17.9 Å². The number of H-pyrrole nitrogens is 1. The summed E-state index contributed by atoms with van der Waals surface area (Å²) in [7, 11) is -4.06. The van der Waals surface area contributed by atoms with Crippen LogP contribution in [-0.4, -0.2) is 47.7 Å². The van der Waals surface area contributed by atoms with Gasteiger partial charge in [0.15, 0.2) is 0 Å². The molecule has 12 heteroatoms. The minimum absolute atomic E-state index is 0.00171. The number of amides is 2. The lowest BCUT2D eigenvalue weighted by Crippen LogP contribution is -2.28. The number of pyridine rings is 1. The van der Waals surface area contributed by atoms with Crippen LogP contribution < -0.4 is 20.1 Å². The maximum absolute atomic E-state index is 12.7. The van der Waals surface area contributed by atoms with Gasteiger partial charge in [-0.05, 0) is 55.0 Å². The summed E-state index contributed by atoms with van der Waals surface area (Å²) in [5, 5.41) is 17.2. The summed E-state index contributed by atoms with van der Waals surface area (Å²) in [5.41, 5.74) is 2.46. The first-order chi connectivity index (χ1) is 16.9. The lowest BCUT2D eigenvalue weighted by Gasteiger charge is -2.09. The second-order valence-electron chi connectivity index (χ2n) is 7.46. The van der Waals surface area contributed by atoms with Crippen LogP contribution in [0.15, 0.2) is 71.8 Å². The number of carbonyl (C=O) groups excluding carboxylic acids is 1. The van der Waals surface area contributed by atoms with E-state index in [2.05, 4.69) is 30.9 Å². The molecule has 0 radical (unpaired) electrons. The molecule has 2 aromatic carbocycles. The van der Waals surface area contributed by atoms with E-state index in [1.165, 1.54) is 24.3 Å². The number of urea groups is 1. The topological polar surface area (TPSA) is 158 Å². The molecule has 0 spiro atoms. The van der Waals surface area contributed by atoms with E-state index in [0.29, 0.717) is 29.7 Å². The number of nitrogens with one attached hydrogen (secondary N) is 4. The Morgan fingerprint density at radius 2 is 1.91 bits per heavy atom. The van der Waals surface area contributed by atoms with Crippen molar-refractivity contribution < 1.29 is 22.5 Å². The zero-order valence-corrected chi connectivity index (χ0v) is 19.4. The molecule has 182 valence electrons. The van der Waals surface area contributed by atoms with Gasteiger partial charge in [-0.2, -0.15) is 8.42 Å². The quantitative estimate of drug-likeness (QED) is 0.166. The number of aromatic nitrogens is 3. The van der Waals surface area contributed by atoms with Crippen molar-refractivity contribution in [3.05, 3.63) is 72.6 Å². The first-order valence-corrected chi connectivity index (χ1v) is 12.2. The Kier molecular flexibility index (Phi) is 7.43. The number of hydrogen-bond acceptors (Lipinski definition) is 8. The first-order valence-electron chi connectivity index (χ1n) is 10.8. The van der Waals surface area contributed by atoms with Gasteiger partial charge in [-0.25, -0.2) is 9.78 Å². The summed E-state index contributed by atoms with van der Waals surface area (Å²) in [5.74, 6) is 0.292. The van der Waals surface area contributed by atoms with E-state index < -0.39 is 16.1 Å². The third-order valence-electron chi connectivity index (χ3n) is 4.85. The molecule has 0 aliphatic rings. The number of aliphatic hydroxyl groups excluding tert-OH is 1. The molecule has 2 amide bonds. The molecule has 35 heavy (non-hydrogen) atoms. The standard InChI is InChI=1S/C23H24N6O5S/c30-13-3-12-24-16-5-8-19(9-6-16)35(32,33)34-18-7-10-20-21(14-18)28-22(27-20)29-23(31)26-15-17-4-1-2-11-25-17/h1-2,4-11,14,24,30H,3,12-13,15H2,(H3,26,27,28,29,31). The number of rotatable bonds is 10. The van der Waals surface area contributed by atoms with E-state index in [0.717, 1.165) is 5.69 Å². The number of anilines is 2. The predicted molar refractivity (Wildman–Crippen MR) is 131 cm³/mol. The van der Waals surface area contributed by atoms with Crippen molar-refractivity contribution in [1.82, 2.24) is 20.3 Å². The number of hydrogen-bond donors (Lipinski definition) is 5. The van der Waals surface area contributed by atoms with Crippen LogP contribution in [-0.2, 0) is 16.7 Å². The number of fused-ring (bicyclic) bond motifs is 1. The normalized spacial score (nSPS) is 11.2. The molecule has 0 atom stereocenters. The van der Waals surface area contributed by atoms with E-state index in [9.17, 15) is 13.2 Å². The average molecular weight is 497 g/mol. The second kappa shape index (κ2) is 10.8. The number of aromatic amines is 1. The smallest absolute Gasteiger partial charge is 0.339 e. The summed E-state index contributed by atoms with van der Waals surface area (Å²) < 4.78 is 30.6. The maximum Gasteiger partial charge on any atom is 0.339 e. The Labute approximate surface area is 201 Å². The van der Waals surface area contributed by atoms with Gasteiger partial charge in [-0.1, -0.05) is 6.07 Å². The number of carbonyl (C=O) groups is 1. The molecule has 0 bridgehead atoms. The summed E-state index contributed by atoms with van der Waals surface area (Å²) in [6.45, 7) is 0.902. The Morgan fingerprint density at radius 3 is 2.66 bits per heavy atom. The van der Waals surface area contributed by atoms with Crippen molar-refractivity contribution in [1.29, 1.82) is 0 Å². The molecule has 4 aromatic rings. The van der Waals surface area contributed by atoms with Crippen molar-refractivity contribution in [3.63, 3.8) is 0 Å². The van der Waals surface area contributed by atoms with Gasteiger partial charge >= 0.3 is 16.1 Å². The monoisotopic (exact) mass is 496 g/mol. The van der Waals surface area contributed by atoms with Crippen LogP contribution >= 0.6 is 0 Å². The Balaban J connectivity index is 1.39. The van der Waals surface area contributed by atoms with E-state index in [1.807, 2.05) is 6.07 Å². The van der Waals surface area contributed by atoms with Gasteiger partial charge in [0.1, 0.15) is 10.6 Å². The molecule has 0 fully saturated rings. The highest BCUT2D eigenvalue weighted by molar-refractivity contribution is 7.87. The van der Waals surface area contributed by atoms with Crippen molar-refractivity contribution >= 4 is 38.8 Å². The zero-order chi connectivity index (χ0) is 24.7. The minimum Gasteiger partial charge on any atom is -0.396 e. The minimum atomic E-state index is -4.06. The van der Waals surface area contributed by atoms with Gasteiger partial charge in [-0.15, -0.1) is 0 Å². The van der Waals surface area contributed by atoms with E-state index in [4.69, 9.17) is 9.29 Å². The fraction of sp³-hybridized carbons (Fsp3) is 0.174. The molecule has 11 nitrogen and oxygen atoms in total. The molecule has 0 unspecified atom stereocenters. The summed E-state index contributed by atoms with van der Waals surface area (Å²) in [6, 6.07) is 15.6. The Morgan fingerprint density at radius 1 is 1.09 bits per heavy atom. The maximum atomic E-state index is 12.7. The largest absolute Gasteiger partial charge is 0.396 e. The van der Waals surface area contributed by atoms with Crippen LogP contribution in [0.25, 0.3) is 11.0 Å². The van der Waals surface area contributed by atoms with Crippen LogP contribution in [0.2, 0.25) is 0 Å². The highest BCUT2D eigenvalue weighted by atomic mass is 32.2. The number of benzene rings is 2. The van der Waals surface area contributed by atoms with E-state index in [1.54, 1.807) is 36.5 Å². The molecule has 0 saturated carbocycles. The van der Waals surface area contributed by atoms with Gasteiger partial charge in [-0.3, -0.25) is 10.3 Å². The fourth-order valence-corrected chi connectivity index (χ4v) is 4.07. The Hall–Kier alpha value is -4.16. The number of imidazole rings is 1. The summed E-state index contributed by atoms with van der Waals surface area (Å²) in [4.78, 5) is 23.5. The van der Waals surface area contributed by atoms with Crippen molar-refractivity contribution in [2.75, 3.05) is 23.8 Å². The van der Waals surface area contributed by atoms with Gasteiger partial charge in [0, 0.05) is 31.1 Å². The molecule has 0 aliphatic carbocycles. The zero-order valence-electron chi connectivity index (χ0n) is 18.6. The van der Waals surface area contributed by atoms with E-state index in [-0.39, 0.29) is 29.7 Å². The van der Waals surface area contributed by atoms with Gasteiger partial charge in [0.05, 0.1) is 23.3 Å². The number of nitrogens with zero attached hydrogens (tertiary/aromatic N) is 2. The molecule has 2 heterocycles. The van der Waals surface area contributed by atoms with Crippen LogP contribution in [0.1, 0.15) is 12.1 Å². The summed E-state index contributed by atoms with van der Waals surface area (Å²) >= 11 is 0. The van der Waals surface area contributed by atoms with Crippen molar-refractivity contribution in [2.24, 2.45) is 0 Å². The lowest BCUT2D eigenvalue weighted by atomic mass is 10.3. The second-order valence-corrected chi connectivity index (χ2v) is 9.01. The van der Waals surface area contributed by atoms with Crippen molar-refractivity contribution in [3.8, 4) is 5.75 Å². The molecule has 5 N–H and O–H groups in total.